The number of fused-ring (bicyclic) bond motifs is 1. The SMILES string of the molecule is C/C=C(\C=C(/C)C(F)(F)F)S(=O)(=O)c1ccccc1CN1Cc2nc(C(F)(F)F)ccc2C1=O. The third kappa shape index (κ3) is 5.01. The Morgan fingerprint density at radius 3 is 2.32 bits per heavy atom. The highest BCUT2D eigenvalue weighted by atomic mass is 32.2. The van der Waals surface area contributed by atoms with Crippen LogP contribution in [0.15, 0.2) is 63.9 Å². The number of aromatic nitrogens is 1. The van der Waals surface area contributed by atoms with Crippen LogP contribution in [0.3, 0.4) is 0 Å². The van der Waals surface area contributed by atoms with Crippen molar-refractivity contribution >= 4 is 15.7 Å². The van der Waals surface area contributed by atoms with E-state index in [0.29, 0.717) is 12.1 Å². The molecule has 0 bridgehead atoms. The standard InChI is InChI=1S/C22H18F6N2O3S/c1-3-15(10-13(2)21(23,24)25)34(32,33)18-7-5-4-6-14(18)11-30-12-17-16(20(30)31)8-9-19(29-17)22(26,27)28/h3-10H,11-12H2,1-2H3/b13-10+,15-3+. The fourth-order valence-corrected chi connectivity index (χ4v) is 5.00. The van der Waals surface area contributed by atoms with E-state index in [1.165, 1.54) is 31.2 Å². The van der Waals surface area contributed by atoms with Crippen LogP contribution in [0.4, 0.5) is 26.3 Å². The Balaban J connectivity index is 1.95. The van der Waals surface area contributed by atoms with Gasteiger partial charge in [-0.2, -0.15) is 26.3 Å². The van der Waals surface area contributed by atoms with Crippen LogP contribution in [0.25, 0.3) is 0 Å². The molecule has 2 heterocycles. The molecular weight excluding hydrogens is 486 g/mol. The zero-order valence-electron chi connectivity index (χ0n) is 17.8. The van der Waals surface area contributed by atoms with Crippen LogP contribution in [0, 0.1) is 0 Å². The quantitative estimate of drug-likeness (QED) is 0.402. The van der Waals surface area contributed by atoms with Crippen molar-refractivity contribution in [3.8, 4) is 0 Å². The van der Waals surface area contributed by atoms with Gasteiger partial charge in [0, 0.05) is 12.1 Å². The molecule has 34 heavy (non-hydrogen) atoms. The molecule has 0 atom stereocenters. The summed E-state index contributed by atoms with van der Waals surface area (Å²) in [7, 11) is -4.41. The Morgan fingerprint density at radius 1 is 1.09 bits per heavy atom. The topological polar surface area (TPSA) is 67.3 Å². The molecule has 182 valence electrons. The second kappa shape index (κ2) is 8.90. The summed E-state index contributed by atoms with van der Waals surface area (Å²) >= 11 is 0. The molecule has 0 fully saturated rings. The average Bonchev–Trinajstić information content (AvgIpc) is 3.05. The minimum absolute atomic E-state index is 0.0359. The van der Waals surface area contributed by atoms with Crippen LogP contribution in [0.5, 0.6) is 0 Å². The zero-order chi connectivity index (χ0) is 25.5. The Bertz CT molecular complexity index is 1290. The third-order valence-electron chi connectivity index (χ3n) is 5.15. The Hall–Kier alpha value is -3.15. The van der Waals surface area contributed by atoms with Gasteiger partial charge < -0.3 is 4.90 Å². The van der Waals surface area contributed by atoms with E-state index in [2.05, 4.69) is 4.98 Å². The van der Waals surface area contributed by atoms with Crippen LogP contribution < -0.4 is 0 Å². The van der Waals surface area contributed by atoms with Crippen molar-refractivity contribution in [3.05, 3.63) is 81.5 Å². The number of allylic oxidation sites excluding steroid dienone is 3. The molecule has 5 nitrogen and oxygen atoms in total. The van der Waals surface area contributed by atoms with E-state index >= 15 is 0 Å². The molecule has 0 radical (unpaired) electrons. The molecular formula is C22H18F6N2O3S. The highest BCUT2D eigenvalue weighted by Crippen LogP contribution is 2.33. The molecule has 0 unspecified atom stereocenters. The monoisotopic (exact) mass is 504 g/mol. The summed E-state index contributed by atoms with van der Waals surface area (Å²) in [6, 6.07) is 7.13. The molecule has 0 N–H and O–H groups in total. The fraction of sp³-hybridized carbons (Fsp3) is 0.273. The summed E-state index contributed by atoms with van der Waals surface area (Å²) in [5.41, 5.74) is -2.31. The van der Waals surface area contributed by atoms with E-state index in [9.17, 15) is 39.6 Å². The van der Waals surface area contributed by atoms with Gasteiger partial charge in [-0.3, -0.25) is 4.79 Å². The lowest BCUT2D eigenvalue weighted by atomic mass is 10.2. The van der Waals surface area contributed by atoms with E-state index in [0.717, 1.165) is 24.0 Å². The summed E-state index contributed by atoms with van der Waals surface area (Å²) in [4.78, 5) is 16.4. The molecule has 0 saturated heterocycles. The first-order valence-corrected chi connectivity index (χ1v) is 11.3. The first-order chi connectivity index (χ1) is 15.7. The summed E-state index contributed by atoms with van der Waals surface area (Å²) in [5.74, 6) is -0.637. The maximum Gasteiger partial charge on any atom is 0.433 e. The number of sulfone groups is 1. The van der Waals surface area contributed by atoms with E-state index in [1.807, 2.05) is 0 Å². The third-order valence-corrected chi connectivity index (χ3v) is 7.10. The molecule has 1 aliphatic heterocycles. The smallest absolute Gasteiger partial charge is 0.328 e. The van der Waals surface area contributed by atoms with Crippen molar-refractivity contribution in [3.63, 3.8) is 0 Å². The van der Waals surface area contributed by atoms with Crippen LogP contribution in [-0.2, 0) is 29.1 Å². The number of benzene rings is 1. The van der Waals surface area contributed by atoms with E-state index < -0.39 is 44.3 Å². The van der Waals surface area contributed by atoms with Crippen molar-refractivity contribution in [1.82, 2.24) is 9.88 Å². The molecule has 0 saturated carbocycles. The van der Waals surface area contributed by atoms with Crippen molar-refractivity contribution in [2.75, 3.05) is 0 Å². The van der Waals surface area contributed by atoms with Crippen molar-refractivity contribution < 1.29 is 39.6 Å². The predicted molar refractivity (Wildman–Crippen MR) is 110 cm³/mol. The molecule has 3 rings (SSSR count). The van der Waals surface area contributed by atoms with Gasteiger partial charge in [0.15, 0.2) is 0 Å². The fourth-order valence-electron chi connectivity index (χ4n) is 3.37. The predicted octanol–water partition coefficient (Wildman–Crippen LogP) is 5.44. The minimum Gasteiger partial charge on any atom is -0.328 e. The number of carbonyl (C=O) groups is 1. The highest BCUT2D eigenvalue weighted by Gasteiger charge is 2.37. The van der Waals surface area contributed by atoms with Crippen molar-refractivity contribution in [2.24, 2.45) is 0 Å². The second-order valence-corrected chi connectivity index (χ2v) is 9.40. The molecule has 0 spiro atoms. The van der Waals surface area contributed by atoms with Crippen LogP contribution >= 0.6 is 0 Å². The van der Waals surface area contributed by atoms with Gasteiger partial charge in [-0.15, -0.1) is 0 Å². The van der Waals surface area contributed by atoms with Crippen LogP contribution in [0.2, 0.25) is 0 Å². The number of hydrogen-bond acceptors (Lipinski definition) is 4. The van der Waals surface area contributed by atoms with E-state index in [1.54, 1.807) is 0 Å². The minimum atomic E-state index is -4.72. The molecule has 12 heteroatoms. The molecule has 1 amide bonds. The number of nitrogens with zero attached hydrogens (tertiary/aromatic N) is 2. The lowest BCUT2D eigenvalue weighted by Crippen LogP contribution is -2.24. The molecule has 0 aliphatic carbocycles. The number of hydrogen-bond donors (Lipinski definition) is 0. The number of halogens is 6. The van der Waals surface area contributed by atoms with Gasteiger partial charge in [0.1, 0.15) is 5.69 Å². The summed E-state index contributed by atoms with van der Waals surface area (Å²) < 4.78 is 104. The maximum absolute atomic E-state index is 13.2. The van der Waals surface area contributed by atoms with E-state index in [4.69, 9.17) is 0 Å². The number of carbonyl (C=O) groups excluding carboxylic acids is 1. The van der Waals surface area contributed by atoms with E-state index in [-0.39, 0.29) is 34.8 Å². The van der Waals surface area contributed by atoms with Crippen LogP contribution in [0.1, 0.15) is 41.2 Å². The Kier molecular flexibility index (Phi) is 6.66. The summed E-state index contributed by atoms with van der Waals surface area (Å²) in [5, 5.41) is 0. The van der Waals surface area contributed by atoms with Crippen LogP contribution in [-0.4, -0.2) is 30.4 Å². The summed E-state index contributed by atoms with van der Waals surface area (Å²) in [6.45, 7) is 1.44. The summed E-state index contributed by atoms with van der Waals surface area (Å²) in [6.07, 6.45) is -7.87. The molecule has 1 aromatic carbocycles. The largest absolute Gasteiger partial charge is 0.433 e. The number of amides is 1. The second-order valence-electron chi connectivity index (χ2n) is 7.48. The Labute approximate surface area is 191 Å². The van der Waals surface area contributed by atoms with Gasteiger partial charge in [0.05, 0.1) is 27.6 Å². The number of pyridine rings is 1. The van der Waals surface area contributed by atoms with Gasteiger partial charge in [-0.25, -0.2) is 13.4 Å². The van der Waals surface area contributed by atoms with Gasteiger partial charge >= 0.3 is 12.4 Å². The van der Waals surface area contributed by atoms with Crippen molar-refractivity contribution in [1.29, 1.82) is 0 Å². The van der Waals surface area contributed by atoms with Gasteiger partial charge in [0.2, 0.25) is 9.84 Å². The first kappa shape index (κ1) is 25.5. The molecule has 2 aromatic rings. The van der Waals surface area contributed by atoms with Gasteiger partial charge in [0.25, 0.3) is 5.91 Å². The zero-order valence-corrected chi connectivity index (χ0v) is 18.6. The van der Waals surface area contributed by atoms with Crippen molar-refractivity contribution in [2.45, 2.75) is 44.2 Å². The molecule has 1 aromatic heterocycles. The Morgan fingerprint density at radius 2 is 1.74 bits per heavy atom. The average molecular weight is 504 g/mol. The highest BCUT2D eigenvalue weighted by molar-refractivity contribution is 7.95. The molecule has 1 aliphatic rings. The lowest BCUT2D eigenvalue weighted by Gasteiger charge is -2.18. The first-order valence-electron chi connectivity index (χ1n) is 9.77. The van der Waals surface area contributed by atoms with Gasteiger partial charge in [-0.1, -0.05) is 24.3 Å². The normalized spacial score (nSPS) is 15.6. The maximum atomic E-state index is 13.2. The number of alkyl halides is 6. The number of rotatable bonds is 5. The van der Waals surface area contributed by atoms with Gasteiger partial charge in [-0.05, 0) is 43.7 Å². The lowest BCUT2D eigenvalue weighted by molar-refractivity contribution is -0.141.